The molecular weight excluding hydrogens is 382 g/mol. The SMILES string of the molecule is NC(=O)CCCn1c(-c2ccccc2Cl)nc2sc3c(c2c1=O)CCCC3. The smallest absolute Gasteiger partial charge is 0.262 e. The van der Waals surface area contributed by atoms with Crippen LogP contribution < -0.4 is 11.3 Å². The topological polar surface area (TPSA) is 78.0 Å². The molecule has 0 saturated carbocycles. The number of aromatic nitrogens is 2. The first-order chi connectivity index (χ1) is 13.1. The van der Waals surface area contributed by atoms with Crippen LogP contribution in [0, 0.1) is 0 Å². The lowest BCUT2D eigenvalue weighted by Gasteiger charge is -2.14. The summed E-state index contributed by atoms with van der Waals surface area (Å²) in [6, 6.07) is 7.39. The van der Waals surface area contributed by atoms with Crippen LogP contribution in [0.5, 0.6) is 0 Å². The van der Waals surface area contributed by atoms with Crippen molar-refractivity contribution in [3.05, 3.63) is 50.1 Å². The third-order valence-electron chi connectivity index (χ3n) is 4.99. The summed E-state index contributed by atoms with van der Waals surface area (Å²) >= 11 is 8.02. The van der Waals surface area contributed by atoms with Gasteiger partial charge >= 0.3 is 0 Å². The van der Waals surface area contributed by atoms with Crippen molar-refractivity contribution in [3.63, 3.8) is 0 Å². The molecule has 1 aliphatic carbocycles. The minimum atomic E-state index is -0.371. The van der Waals surface area contributed by atoms with E-state index >= 15 is 0 Å². The van der Waals surface area contributed by atoms with Crippen molar-refractivity contribution in [2.75, 3.05) is 0 Å². The van der Waals surface area contributed by atoms with E-state index < -0.39 is 0 Å². The van der Waals surface area contributed by atoms with Gasteiger partial charge in [0.15, 0.2) is 0 Å². The Balaban J connectivity index is 1.93. The summed E-state index contributed by atoms with van der Waals surface area (Å²) in [5, 5.41) is 1.29. The van der Waals surface area contributed by atoms with E-state index in [0.29, 0.717) is 23.8 Å². The van der Waals surface area contributed by atoms with E-state index in [-0.39, 0.29) is 17.9 Å². The number of nitrogens with zero attached hydrogens (tertiary/aromatic N) is 2. The third kappa shape index (κ3) is 3.39. The molecule has 140 valence electrons. The Morgan fingerprint density at radius 1 is 1.26 bits per heavy atom. The van der Waals surface area contributed by atoms with Crippen LogP contribution >= 0.6 is 22.9 Å². The molecule has 5 nitrogen and oxygen atoms in total. The van der Waals surface area contributed by atoms with Gasteiger partial charge in [0.2, 0.25) is 5.91 Å². The van der Waals surface area contributed by atoms with E-state index in [4.69, 9.17) is 22.3 Å². The number of aryl methyl sites for hydroxylation is 2. The molecule has 27 heavy (non-hydrogen) atoms. The zero-order valence-corrected chi connectivity index (χ0v) is 16.4. The number of carbonyl (C=O) groups is 1. The normalized spacial score (nSPS) is 13.7. The molecule has 2 aromatic heterocycles. The van der Waals surface area contributed by atoms with E-state index in [9.17, 15) is 9.59 Å². The van der Waals surface area contributed by atoms with Gasteiger partial charge in [0, 0.05) is 23.4 Å². The lowest BCUT2D eigenvalue weighted by Crippen LogP contribution is -2.25. The minimum Gasteiger partial charge on any atom is -0.370 e. The summed E-state index contributed by atoms with van der Waals surface area (Å²) in [7, 11) is 0. The van der Waals surface area contributed by atoms with Crippen molar-refractivity contribution in [2.45, 2.75) is 45.1 Å². The van der Waals surface area contributed by atoms with Crippen LogP contribution in [-0.2, 0) is 24.2 Å². The van der Waals surface area contributed by atoms with E-state index in [2.05, 4.69) is 0 Å². The predicted octanol–water partition coefficient (Wildman–Crippen LogP) is 3.92. The van der Waals surface area contributed by atoms with Gasteiger partial charge in [-0.05, 0) is 49.8 Å². The van der Waals surface area contributed by atoms with E-state index in [0.717, 1.165) is 47.0 Å². The Kier molecular flexibility index (Phi) is 5.02. The molecule has 0 spiro atoms. The fourth-order valence-electron chi connectivity index (χ4n) is 3.71. The summed E-state index contributed by atoms with van der Waals surface area (Å²) < 4.78 is 1.66. The van der Waals surface area contributed by atoms with Crippen molar-refractivity contribution < 1.29 is 4.79 Å². The molecule has 0 unspecified atom stereocenters. The van der Waals surface area contributed by atoms with Gasteiger partial charge in [-0.2, -0.15) is 0 Å². The van der Waals surface area contributed by atoms with Crippen LogP contribution in [0.15, 0.2) is 29.1 Å². The number of nitrogens with two attached hydrogens (primary N) is 1. The standard InChI is InChI=1S/C20H20ClN3O2S/c21-14-8-3-1-6-12(14)18-23-19-17(13-7-2-4-9-15(13)27-19)20(26)24(18)11-5-10-16(22)25/h1,3,6,8H,2,4-5,7,9-11H2,(H2,22,25). The molecule has 4 rings (SSSR count). The van der Waals surface area contributed by atoms with Crippen molar-refractivity contribution >= 4 is 39.1 Å². The number of halogens is 1. The molecule has 2 heterocycles. The third-order valence-corrected chi connectivity index (χ3v) is 6.51. The molecule has 7 heteroatoms. The maximum absolute atomic E-state index is 13.4. The number of rotatable bonds is 5. The second-order valence-electron chi connectivity index (χ2n) is 6.83. The first-order valence-electron chi connectivity index (χ1n) is 9.14. The van der Waals surface area contributed by atoms with Crippen molar-refractivity contribution in [1.29, 1.82) is 0 Å². The molecule has 2 N–H and O–H groups in total. The minimum absolute atomic E-state index is 0.0428. The maximum Gasteiger partial charge on any atom is 0.262 e. The lowest BCUT2D eigenvalue weighted by molar-refractivity contribution is -0.118. The highest BCUT2D eigenvalue weighted by atomic mass is 35.5. The van der Waals surface area contributed by atoms with Crippen LogP contribution in [0.25, 0.3) is 21.6 Å². The van der Waals surface area contributed by atoms with Crippen molar-refractivity contribution in [1.82, 2.24) is 9.55 Å². The van der Waals surface area contributed by atoms with Crippen molar-refractivity contribution in [2.24, 2.45) is 5.73 Å². The highest BCUT2D eigenvalue weighted by Crippen LogP contribution is 2.35. The summed E-state index contributed by atoms with van der Waals surface area (Å²) in [6.45, 7) is 0.385. The molecule has 0 saturated heterocycles. The van der Waals surface area contributed by atoms with Crippen molar-refractivity contribution in [3.8, 4) is 11.4 Å². The fourth-order valence-corrected chi connectivity index (χ4v) is 5.18. The molecule has 0 aliphatic heterocycles. The Morgan fingerprint density at radius 2 is 2.04 bits per heavy atom. The number of carbonyl (C=O) groups excluding carboxylic acids is 1. The number of benzene rings is 1. The summed E-state index contributed by atoms with van der Waals surface area (Å²) in [4.78, 5) is 31.5. The average molecular weight is 402 g/mol. The first kappa shape index (κ1) is 18.2. The Labute approximate surface area is 165 Å². The molecule has 1 aromatic carbocycles. The Morgan fingerprint density at radius 3 is 2.81 bits per heavy atom. The highest BCUT2D eigenvalue weighted by Gasteiger charge is 2.23. The van der Waals surface area contributed by atoms with Gasteiger partial charge < -0.3 is 5.73 Å². The second-order valence-corrected chi connectivity index (χ2v) is 8.32. The number of hydrogen-bond donors (Lipinski definition) is 1. The van der Waals surface area contributed by atoms with Gasteiger partial charge in [-0.25, -0.2) is 4.98 Å². The fraction of sp³-hybridized carbons (Fsp3) is 0.350. The number of hydrogen-bond acceptors (Lipinski definition) is 4. The van der Waals surface area contributed by atoms with Crippen LogP contribution in [0.4, 0.5) is 0 Å². The Bertz CT molecular complexity index is 1090. The average Bonchev–Trinajstić information content (AvgIpc) is 3.02. The van der Waals surface area contributed by atoms with E-state index in [1.54, 1.807) is 22.0 Å². The van der Waals surface area contributed by atoms with Gasteiger partial charge in [0.1, 0.15) is 10.7 Å². The molecule has 0 atom stereocenters. The second kappa shape index (κ2) is 7.44. The van der Waals surface area contributed by atoms with E-state index in [1.165, 1.54) is 4.88 Å². The lowest BCUT2D eigenvalue weighted by atomic mass is 9.97. The molecule has 0 fully saturated rings. The zero-order chi connectivity index (χ0) is 19.0. The molecule has 1 aliphatic rings. The zero-order valence-electron chi connectivity index (χ0n) is 14.8. The van der Waals surface area contributed by atoms with Crippen LogP contribution in [-0.4, -0.2) is 15.5 Å². The highest BCUT2D eigenvalue weighted by molar-refractivity contribution is 7.18. The first-order valence-corrected chi connectivity index (χ1v) is 10.3. The van der Waals surface area contributed by atoms with Crippen LogP contribution in [0.2, 0.25) is 5.02 Å². The monoisotopic (exact) mass is 401 g/mol. The summed E-state index contributed by atoms with van der Waals surface area (Å²) in [6.07, 6.45) is 4.93. The molecule has 3 aromatic rings. The Hall–Kier alpha value is -2.18. The molecule has 0 radical (unpaired) electrons. The summed E-state index contributed by atoms with van der Waals surface area (Å²) in [5.74, 6) is 0.186. The van der Waals surface area contributed by atoms with Gasteiger partial charge in [-0.15, -0.1) is 11.3 Å². The summed E-state index contributed by atoms with van der Waals surface area (Å²) in [5.41, 5.74) is 7.11. The quantitative estimate of drug-likeness (QED) is 0.703. The van der Waals surface area contributed by atoms with Gasteiger partial charge in [-0.3, -0.25) is 14.2 Å². The number of amides is 1. The molecule has 0 bridgehead atoms. The number of thiophene rings is 1. The molecule has 1 amide bonds. The molecular formula is C20H20ClN3O2S. The number of primary amides is 1. The van der Waals surface area contributed by atoms with Gasteiger partial charge in [0.05, 0.1) is 10.4 Å². The largest absolute Gasteiger partial charge is 0.370 e. The van der Waals surface area contributed by atoms with Gasteiger partial charge in [0.25, 0.3) is 5.56 Å². The van der Waals surface area contributed by atoms with Crippen LogP contribution in [0.3, 0.4) is 0 Å². The predicted molar refractivity (Wildman–Crippen MR) is 109 cm³/mol. The van der Waals surface area contributed by atoms with Crippen LogP contribution in [0.1, 0.15) is 36.1 Å². The van der Waals surface area contributed by atoms with E-state index in [1.807, 2.05) is 18.2 Å². The van der Waals surface area contributed by atoms with Gasteiger partial charge in [-0.1, -0.05) is 23.7 Å². The number of fused-ring (bicyclic) bond motifs is 3. The maximum atomic E-state index is 13.4.